The van der Waals surface area contributed by atoms with E-state index in [2.05, 4.69) is 81.1 Å². The number of ether oxygens (including phenoxy) is 1. The van der Waals surface area contributed by atoms with Gasteiger partial charge in [-0.25, -0.2) is 0 Å². The number of unbranched alkanes of at least 4 members (excludes halogenated alkanes) is 2. The minimum absolute atomic E-state index is 0.0249. The molecule has 0 aliphatic rings. The molecule has 156 valence electrons. The molecule has 0 fully saturated rings. The molecule has 2 heteroatoms. The molecule has 0 aliphatic carbocycles. The molecule has 0 radical (unpaired) electrons. The van der Waals surface area contributed by atoms with E-state index in [1.807, 2.05) is 0 Å². The number of hydrogen-bond donors (Lipinski definition) is 0. The van der Waals surface area contributed by atoms with Gasteiger partial charge in [-0.05, 0) is 54.8 Å². The molecule has 1 nitrogen and oxygen atoms in total. The number of hydrogen-bond acceptors (Lipinski definition) is 1. The van der Waals surface area contributed by atoms with Crippen LogP contribution in [0.2, 0.25) is 0 Å². The van der Waals surface area contributed by atoms with Gasteiger partial charge in [0.15, 0.2) is 0 Å². The van der Waals surface area contributed by atoms with Gasteiger partial charge < -0.3 is 4.74 Å². The second-order valence-corrected chi connectivity index (χ2v) is 11.2. The highest BCUT2D eigenvalue weighted by Gasteiger charge is 2.32. The third-order valence-corrected chi connectivity index (χ3v) is 7.89. The van der Waals surface area contributed by atoms with Gasteiger partial charge in [0.2, 0.25) is 0 Å². The Morgan fingerprint density at radius 3 is 1.96 bits per heavy atom. The lowest BCUT2D eigenvalue weighted by atomic mass is 9.75. The van der Waals surface area contributed by atoms with Gasteiger partial charge in [-0.1, -0.05) is 95.4 Å². The van der Waals surface area contributed by atoms with E-state index in [1.165, 1.54) is 42.4 Å². The summed E-state index contributed by atoms with van der Waals surface area (Å²) in [5.41, 5.74) is 4.40. The van der Waals surface area contributed by atoms with Crippen molar-refractivity contribution in [1.82, 2.24) is 0 Å². The van der Waals surface area contributed by atoms with Gasteiger partial charge >= 0.3 is 0 Å². The van der Waals surface area contributed by atoms with Gasteiger partial charge in [0.1, 0.15) is 11.1 Å². The summed E-state index contributed by atoms with van der Waals surface area (Å²) in [4.78, 5) is 0. The Hall–Kier alpha value is -0.550. The summed E-state index contributed by atoms with van der Waals surface area (Å²) in [5, 5.41) is -0.0249. The van der Waals surface area contributed by atoms with Crippen molar-refractivity contribution in [2.45, 2.75) is 117 Å². The lowest BCUT2D eigenvalue weighted by molar-refractivity contribution is 0.148. The van der Waals surface area contributed by atoms with E-state index in [0.29, 0.717) is 0 Å². The molecule has 0 saturated heterocycles. The zero-order valence-corrected chi connectivity index (χ0v) is 20.8. The van der Waals surface area contributed by atoms with Gasteiger partial charge in [0.05, 0.1) is 0 Å². The Labute approximate surface area is 171 Å². The van der Waals surface area contributed by atoms with Crippen molar-refractivity contribution in [1.29, 1.82) is 0 Å². The van der Waals surface area contributed by atoms with Crippen LogP contribution in [0.5, 0.6) is 5.75 Å². The van der Waals surface area contributed by atoms with E-state index in [1.54, 1.807) is 0 Å². The van der Waals surface area contributed by atoms with Gasteiger partial charge in [-0.15, -0.1) is 0 Å². The number of aryl methyl sites for hydroxylation is 1. The van der Waals surface area contributed by atoms with Gasteiger partial charge in [-0.2, -0.15) is 0 Å². The lowest BCUT2D eigenvalue weighted by Gasteiger charge is -2.37. The van der Waals surface area contributed by atoms with Gasteiger partial charge in [-0.3, -0.25) is 0 Å². The first kappa shape index (κ1) is 24.5. The standard InChI is InChI=1S/C25H45OP/c1-11-14-15-16-24(8,9)20-17-19(4)22(21(18-20)23(5,6)7)26-25(12-2,13-3)27-10/h17-18,27H,11-16H2,1-10H3. The second-order valence-electron chi connectivity index (χ2n) is 9.81. The van der Waals surface area contributed by atoms with E-state index in [-0.39, 0.29) is 16.2 Å². The molecule has 0 aromatic heterocycles. The Bertz CT molecular complexity index is 583. The average molecular weight is 393 g/mol. The molecule has 1 rings (SSSR count). The summed E-state index contributed by atoms with van der Waals surface area (Å²) in [7, 11) is 0.785. The molecule has 27 heavy (non-hydrogen) atoms. The first-order chi connectivity index (χ1) is 12.5. The molecule has 1 aromatic rings. The molecule has 0 bridgehead atoms. The van der Waals surface area contributed by atoms with Crippen LogP contribution < -0.4 is 4.74 Å². The van der Waals surface area contributed by atoms with Crippen LogP contribution in [0.1, 0.15) is 111 Å². The van der Waals surface area contributed by atoms with Gasteiger partial charge in [0, 0.05) is 5.56 Å². The molecule has 1 unspecified atom stereocenters. The molecule has 0 saturated carbocycles. The Kier molecular flexibility index (Phi) is 8.87. The Balaban J connectivity index is 3.43. The molecule has 0 heterocycles. The molecule has 0 amide bonds. The monoisotopic (exact) mass is 392 g/mol. The van der Waals surface area contributed by atoms with E-state index >= 15 is 0 Å². The van der Waals surface area contributed by atoms with E-state index in [9.17, 15) is 0 Å². The molecule has 0 spiro atoms. The van der Waals surface area contributed by atoms with E-state index in [0.717, 1.165) is 27.2 Å². The fourth-order valence-electron chi connectivity index (χ4n) is 3.81. The molecular weight excluding hydrogens is 347 g/mol. The van der Waals surface area contributed by atoms with Crippen LogP contribution in [-0.2, 0) is 10.8 Å². The summed E-state index contributed by atoms with van der Waals surface area (Å²) in [5.74, 6) is 1.13. The number of benzene rings is 1. The largest absolute Gasteiger partial charge is 0.483 e. The van der Waals surface area contributed by atoms with Crippen molar-refractivity contribution >= 4 is 8.58 Å². The third-order valence-electron chi connectivity index (χ3n) is 6.16. The average Bonchev–Trinajstić information content (AvgIpc) is 2.60. The van der Waals surface area contributed by atoms with Crippen LogP contribution in [0.4, 0.5) is 0 Å². The second kappa shape index (κ2) is 9.78. The van der Waals surface area contributed by atoms with Crippen molar-refractivity contribution in [2.75, 3.05) is 6.66 Å². The molecule has 0 aliphatic heterocycles. The summed E-state index contributed by atoms with van der Waals surface area (Å²) in [6.07, 6.45) is 7.27. The minimum Gasteiger partial charge on any atom is -0.483 e. The summed E-state index contributed by atoms with van der Waals surface area (Å²) < 4.78 is 6.82. The van der Waals surface area contributed by atoms with Crippen molar-refractivity contribution in [3.05, 3.63) is 28.8 Å². The zero-order chi connectivity index (χ0) is 20.9. The van der Waals surface area contributed by atoms with Crippen LogP contribution in [0.3, 0.4) is 0 Å². The van der Waals surface area contributed by atoms with E-state index < -0.39 is 0 Å². The minimum atomic E-state index is -0.0249. The van der Waals surface area contributed by atoms with Crippen LogP contribution in [-0.4, -0.2) is 12.0 Å². The Morgan fingerprint density at radius 1 is 0.926 bits per heavy atom. The lowest BCUT2D eigenvalue weighted by Crippen LogP contribution is -2.31. The molecule has 1 aromatic carbocycles. The Morgan fingerprint density at radius 2 is 1.52 bits per heavy atom. The maximum atomic E-state index is 6.82. The highest BCUT2D eigenvalue weighted by Crippen LogP contribution is 2.45. The summed E-state index contributed by atoms with van der Waals surface area (Å²) in [6.45, 7) is 23.1. The van der Waals surface area contributed by atoms with Crippen molar-refractivity contribution in [2.24, 2.45) is 0 Å². The zero-order valence-electron chi connectivity index (χ0n) is 19.8. The van der Waals surface area contributed by atoms with Gasteiger partial charge in [0.25, 0.3) is 0 Å². The molecular formula is C25H45OP. The highest BCUT2D eigenvalue weighted by molar-refractivity contribution is 7.38. The predicted octanol–water partition coefficient (Wildman–Crippen LogP) is 8.35. The highest BCUT2D eigenvalue weighted by atomic mass is 31.1. The molecule has 0 N–H and O–H groups in total. The third kappa shape index (κ3) is 6.22. The fourth-order valence-corrected chi connectivity index (χ4v) is 4.72. The topological polar surface area (TPSA) is 9.23 Å². The normalized spacial score (nSPS) is 13.6. The van der Waals surface area contributed by atoms with E-state index in [4.69, 9.17) is 4.74 Å². The number of rotatable bonds is 10. The predicted molar refractivity (Wildman–Crippen MR) is 125 cm³/mol. The maximum Gasteiger partial charge on any atom is 0.127 e. The van der Waals surface area contributed by atoms with Crippen LogP contribution in [0.15, 0.2) is 12.1 Å². The van der Waals surface area contributed by atoms with Crippen molar-refractivity contribution in [3.63, 3.8) is 0 Å². The first-order valence-corrected chi connectivity index (χ1v) is 12.5. The summed E-state index contributed by atoms with van der Waals surface area (Å²) >= 11 is 0. The maximum absolute atomic E-state index is 6.82. The van der Waals surface area contributed by atoms with Crippen molar-refractivity contribution in [3.8, 4) is 5.75 Å². The summed E-state index contributed by atoms with van der Waals surface area (Å²) in [6, 6.07) is 4.84. The SMILES string of the molecule is CCCCCC(C)(C)c1cc(C)c(OC(CC)(CC)PC)c(C(C)(C)C)c1. The van der Waals surface area contributed by atoms with Crippen LogP contribution >= 0.6 is 8.58 Å². The van der Waals surface area contributed by atoms with Crippen LogP contribution in [0.25, 0.3) is 0 Å². The quantitative estimate of drug-likeness (QED) is 0.287. The molecule has 1 atom stereocenters. The fraction of sp³-hybridized carbons (Fsp3) is 0.760. The smallest absolute Gasteiger partial charge is 0.127 e. The van der Waals surface area contributed by atoms with Crippen LogP contribution in [0, 0.1) is 6.92 Å². The van der Waals surface area contributed by atoms with Crippen molar-refractivity contribution < 1.29 is 4.74 Å². The first-order valence-electron chi connectivity index (χ1n) is 11.0.